The van der Waals surface area contributed by atoms with E-state index in [0.29, 0.717) is 19.3 Å². The van der Waals surface area contributed by atoms with Crippen molar-refractivity contribution >= 4 is 17.9 Å². The largest absolute Gasteiger partial charge is 0.462 e. The molecule has 0 heterocycles. The summed E-state index contributed by atoms with van der Waals surface area (Å²) >= 11 is 0. The Morgan fingerprint density at radius 2 is 0.661 bits per heavy atom. The van der Waals surface area contributed by atoms with Gasteiger partial charge in [0, 0.05) is 19.3 Å². The molecule has 0 fully saturated rings. The van der Waals surface area contributed by atoms with Crippen LogP contribution < -0.4 is 0 Å². The number of carbonyl (C=O) groups is 3. The molecule has 0 amide bonds. The van der Waals surface area contributed by atoms with Gasteiger partial charge in [-0.05, 0) is 77.0 Å². The number of ether oxygens (including phenoxy) is 3. The lowest BCUT2D eigenvalue weighted by atomic mass is 10.1. The van der Waals surface area contributed by atoms with E-state index in [-0.39, 0.29) is 31.1 Å². The lowest BCUT2D eigenvalue weighted by molar-refractivity contribution is -0.167. The van der Waals surface area contributed by atoms with E-state index in [1.54, 1.807) is 0 Å². The summed E-state index contributed by atoms with van der Waals surface area (Å²) in [6, 6.07) is 0. The van der Waals surface area contributed by atoms with E-state index in [0.717, 1.165) is 96.3 Å². The summed E-state index contributed by atoms with van der Waals surface area (Å²) in [6.45, 7) is 6.50. The molecule has 0 aliphatic carbocycles. The molecule has 0 rings (SSSR count). The fourth-order valence-electron chi connectivity index (χ4n) is 7.04. The molecule has 0 aromatic rings. The molecule has 0 saturated heterocycles. The van der Waals surface area contributed by atoms with Gasteiger partial charge in [0.2, 0.25) is 0 Å². The molecule has 0 aromatic carbocycles. The van der Waals surface area contributed by atoms with Crippen molar-refractivity contribution in [3.8, 4) is 0 Å². The number of carbonyl (C=O) groups excluding carboxylic acids is 3. The van der Waals surface area contributed by atoms with Gasteiger partial charge in [0.05, 0.1) is 0 Å². The van der Waals surface area contributed by atoms with Crippen molar-refractivity contribution in [2.75, 3.05) is 13.2 Å². The summed E-state index contributed by atoms with van der Waals surface area (Å²) in [5.74, 6) is -0.910. The molecule has 6 heteroatoms. The zero-order chi connectivity index (χ0) is 43.0. The second kappa shape index (κ2) is 48.0. The van der Waals surface area contributed by atoms with E-state index in [9.17, 15) is 14.4 Å². The summed E-state index contributed by atoms with van der Waals surface area (Å²) in [5.41, 5.74) is 0. The molecule has 0 aromatic heterocycles. The normalized spacial score (nSPS) is 12.4. The SMILES string of the molecule is CC/C=C\C/C=C\C/C=C\CCCCCCC(=O)OC(COC(=O)CCCCCCC/C=C\CCCCCCCCC)COC(=O)CCCCCCCCCCCCC. The Hall–Kier alpha value is -2.63. The van der Waals surface area contributed by atoms with Crippen LogP contribution in [-0.4, -0.2) is 37.2 Å². The molecule has 59 heavy (non-hydrogen) atoms. The first kappa shape index (κ1) is 56.4. The van der Waals surface area contributed by atoms with Crippen LogP contribution in [-0.2, 0) is 28.6 Å². The van der Waals surface area contributed by atoms with E-state index in [2.05, 4.69) is 69.4 Å². The van der Waals surface area contributed by atoms with Crippen LogP contribution >= 0.6 is 0 Å². The van der Waals surface area contributed by atoms with Crippen LogP contribution in [0.15, 0.2) is 48.6 Å². The average molecular weight is 827 g/mol. The van der Waals surface area contributed by atoms with Crippen molar-refractivity contribution in [2.45, 2.75) is 258 Å². The van der Waals surface area contributed by atoms with Crippen molar-refractivity contribution in [3.05, 3.63) is 48.6 Å². The summed E-state index contributed by atoms with van der Waals surface area (Å²) in [7, 11) is 0. The van der Waals surface area contributed by atoms with E-state index >= 15 is 0 Å². The highest BCUT2D eigenvalue weighted by Crippen LogP contribution is 2.14. The first-order valence-electron chi connectivity index (χ1n) is 25.1. The third-order valence-electron chi connectivity index (χ3n) is 10.8. The third-order valence-corrected chi connectivity index (χ3v) is 10.8. The van der Waals surface area contributed by atoms with E-state index < -0.39 is 6.10 Å². The lowest BCUT2D eigenvalue weighted by Gasteiger charge is -2.18. The van der Waals surface area contributed by atoms with E-state index in [1.165, 1.54) is 116 Å². The summed E-state index contributed by atoms with van der Waals surface area (Å²) in [4.78, 5) is 37.9. The summed E-state index contributed by atoms with van der Waals surface area (Å²) in [6.07, 6.45) is 56.6. The highest BCUT2D eigenvalue weighted by atomic mass is 16.6. The molecular formula is C53H94O6. The van der Waals surface area contributed by atoms with Crippen LogP contribution in [0.1, 0.15) is 252 Å². The smallest absolute Gasteiger partial charge is 0.306 e. The maximum absolute atomic E-state index is 12.8. The fourth-order valence-corrected chi connectivity index (χ4v) is 7.04. The zero-order valence-corrected chi connectivity index (χ0v) is 39.0. The molecule has 0 spiro atoms. The number of hydrogen-bond acceptors (Lipinski definition) is 6. The Labute approximate surface area is 365 Å². The van der Waals surface area contributed by atoms with Gasteiger partial charge in [-0.25, -0.2) is 0 Å². The van der Waals surface area contributed by atoms with Gasteiger partial charge in [-0.3, -0.25) is 14.4 Å². The van der Waals surface area contributed by atoms with Gasteiger partial charge in [-0.1, -0.05) is 204 Å². The second-order valence-corrected chi connectivity index (χ2v) is 16.7. The quantitative estimate of drug-likeness (QED) is 0.0263. The molecule has 0 bridgehead atoms. The van der Waals surface area contributed by atoms with E-state index in [1.807, 2.05) is 0 Å². The fraction of sp³-hybridized carbons (Fsp3) is 0.792. The Morgan fingerprint density at radius 1 is 0.356 bits per heavy atom. The average Bonchev–Trinajstić information content (AvgIpc) is 3.23. The van der Waals surface area contributed by atoms with Crippen molar-refractivity contribution in [1.82, 2.24) is 0 Å². The molecule has 0 radical (unpaired) electrons. The Balaban J connectivity index is 4.39. The predicted molar refractivity (Wildman–Crippen MR) is 252 cm³/mol. The topological polar surface area (TPSA) is 78.9 Å². The van der Waals surface area contributed by atoms with Gasteiger partial charge >= 0.3 is 17.9 Å². The minimum Gasteiger partial charge on any atom is -0.462 e. The number of esters is 3. The molecular weight excluding hydrogens is 733 g/mol. The molecule has 1 unspecified atom stereocenters. The van der Waals surface area contributed by atoms with Crippen molar-refractivity contribution in [3.63, 3.8) is 0 Å². The van der Waals surface area contributed by atoms with Crippen LogP contribution in [0.2, 0.25) is 0 Å². The summed E-state index contributed by atoms with van der Waals surface area (Å²) in [5, 5.41) is 0. The van der Waals surface area contributed by atoms with Crippen LogP contribution in [0.5, 0.6) is 0 Å². The van der Waals surface area contributed by atoms with Crippen LogP contribution in [0.25, 0.3) is 0 Å². The maximum atomic E-state index is 12.8. The van der Waals surface area contributed by atoms with Crippen LogP contribution in [0.3, 0.4) is 0 Å². The van der Waals surface area contributed by atoms with Gasteiger partial charge in [-0.2, -0.15) is 0 Å². The van der Waals surface area contributed by atoms with Crippen LogP contribution in [0.4, 0.5) is 0 Å². The van der Waals surface area contributed by atoms with Crippen molar-refractivity contribution in [1.29, 1.82) is 0 Å². The van der Waals surface area contributed by atoms with Gasteiger partial charge < -0.3 is 14.2 Å². The molecule has 0 saturated carbocycles. The molecule has 342 valence electrons. The third kappa shape index (κ3) is 46.3. The maximum Gasteiger partial charge on any atom is 0.306 e. The summed E-state index contributed by atoms with van der Waals surface area (Å²) < 4.78 is 16.7. The molecule has 0 aliphatic rings. The first-order chi connectivity index (χ1) is 29.0. The molecule has 0 aliphatic heterocycles. The predicted octanol–water partition coefficient (Wildman–Crippen LogP) is 16.3. The number of unbranched alkanes of at least 4 members (excludes halogenated alkanes) is 26. The molecule has 0 N–H and O–H groups in total. The first-order valence-corrected chi connectivity index (χ1v) is 25.1. The lowest BCUT2D eigenvalue weighted by Crippen LogP contribution is -2.30. The Bertz CT molecular complexity index is 1040. The minimum atomic E-state index is -0.784. The monoisotopic (exact) mass is 827 g/mol. The van der Waals surface area contributed by atoms with Gasteiger partial charge in [0.15, 0.2) is 6.10 Å². The van der Waals surface area contributed by atoms with Gasteiger partial charge in [0.1, 0.15) is 13.2 Å². The second-order valence-electron chi connectivity index (χ2n) is 16.7. The highest BCUT2D eigenvalue weighted by Gasteiger charge is 2.19. The Morgan fingerprint density at radius 3 is 1.05 bits per heavy atom. The number of rotatable bonds is 45. The van der Waals surface area contributed by atoms with Gasteiger partial charge in [0.25, 0.3) is 0 Å². The van der Waals surface area contributed by atoms with E-state index in [4.69, 9.17) is 14.2 Å². The van der Waals surface area contributed by atoms with Crippen molar-refractivity contribution in [2.24, 2.45) is 0 Å². The molecule has 1 atom stereocenters. The van der Waals surface area contributed by atoms with Crippen molar-refractivity contribution < 1.29 is 28.6 Å². The Kier molecular flexibility index (Phi) is 45.9. The van der Waals surface area contributed by atoms with Gasteiger partial charge in [-0.15, -0.1) is 0 Å². The number of allylic oxidation sites excluding steroid dienone is 8. The minimum absolute atomic E-state index is 0.0830. The standard InChI is InChI=1S/C53H94O6/c1-4-7-10-13-16-19-22-24-26-27-29-31-34-37-40-43-46-52(55)58-49-50(48-57-51(54)45-42-39-36-33-30-21-18-15-12-9-6-3)59-53(56)47-44-41-38-35-32-28-25-23-20-17-14-11-8-5-2/h8,11,17,20,25-28,50H,4-7,9-10,12-16,18-19,21-24,29-49H2,1-3H3/b11-8-,20-17-,27-26-,28-25-. The van der Waals surface area contributed by atoms with Crippen LogP contribution in [0, 0.1) is 0 Å². The number of hydrogen-bond donors (Lipinski definition) is 0. The highest BCUT2D eigenvalue weighted by molar-refractivity contribution is 5.71. The molecule has 6 nitrogen and oxygen atoms in total. The zero-order valence-electron chi connectivity index (χ0n) is 39.0.